The van der Waals surface area contributed by atoms with E-state index in [2.05, 4.69) is 5.32 Å². The Kier molecular flexibility index (Phi) is 6.81. The fourth-order valence-corrected chi connectivity index (χ4v) is 3.92. The number of ether oxygens (including phenoxy) is 1. The zero-order valence-corrected chi connectivity index (χ0v) is 15.9. The minimum atomic E-state index is -4.37. The molecule has 1 saturated carbocycles. The summed E-state index contributed by atoms with van der Waals surface area (Å²) in [7, 11) is 0. The zero-order chi connectivity index (χ0) is 18.8. The van der Waals surface area contributed by atoms with E-state index < -0.39 is 22.6 Å². The third kappa shape index (κ3) is 4.41. The van der Waals surface area contributed by atoms with E-state index in [1.807, 2.05) is 0 Å². The number of hydrogen-bond acceptors (Lipinski definition) is 3. The van der Waals surface area contributed by atoms with Crippen molar-refractivity contribution in [3.63, 3.8) is 0 Å². The number of hydrogen-bond donors (Lipinski definition) is 2. The van der Waals surface area contributed by atoms with Crippen LogP contribution in [0.3, 0.4) is 0 Å². The molecule has 1 aliphatic carbocycles. The Hall–Kier alpha value is -1.31. The van der Waals surface area contributed by atoms with Gasteiger partial charge in [-0.25, -0.2) is 0 Å². The topological polar surface area (TPSA) is 64.4 Å². The summed E-state index contributed by atoms with van der Waals surface area (Å²) in [4.78, 5) is 12.8. The Bertz CT molecular complexity index is 657. The largest absolute Gasteiger partial charge is 0.416 e. The number of alkyl halides is 3. The van der Waals surface area contributed by atoms with E-state index in [9.17, 15) is 18.0 Å². The highest BCUT2D eigenvalue weighted by atomic mass is 35.5. The van der Waals surface area contributed by atoms with E-state index in [1.54, 1.807) is 6.07 Å². The molecule has 3 N–H and O–H groups in total. The van der Waals surface area contributed by atoms with Crippen LogP contribution in [-0.2, 0) is 21.1 Å². The van der Waals surface area contributed by atoms with Crippen molar-refractivity contribution in [1.29, 1.82) is 0 Å². The summed E-state index contributed by atoms with van der Waals surface area (Å²) in [5.41, 5.74) is 4.82. The second kappa shape index (κ2) is 8.37. The van der Waals surface area contributed by atoms with Crippen LogP contribution >= 0.6 is 12.4 Å². The third-order valence-corrected chi connectivity index (χ3v) is 6.02. The number of rotatable bonds is 5. The number of carbonyl (C=O) groups is 1. The van der Waals surface area contributed by atoms with Crippen LogP contribution in [0.5, 0.6) is 0 Å². The molecule has 1 aliphatic heterocycles. The molecule has 0 radical (unpaired) electrons. The quantitative estimate of drug-likeness (QED) is 0.787. The third-order valence-electron chi connectivity index (χ3n) is 6.02. The van der Waals surface area contributed by atoms with Crippen LogP contribution in [0.2, 0.25) is 0 Å². The maximum atomic E-state index is 13.0. The van der Waals surface area contributed by atoms with Gasteiger partial charge in [-0.3, -0.25) is 4.79 Å². The molecule has 1 aromatic rings. The number of halogens is 4. The molecule has 1 saturated heterocycles. The van der Waals surface area contributed by atoms with Crippen molar-refractivity contribution in [1.82, 2.24) is 5.32 Å². The Morgan fingerprint density at radius 3 is 2.37 bits per heavy atom. The van der Waals surface area contributed by atoms with Gasteiger partial charge < -0.3 is 15.8 Å². The summed E-state index contributed by atoms with van der Waals surface area (Å²) in [5.74, 6) is -0.110. The van der Waals surface area contributed by atoms with Crippen molar-refractivity contribution in [2.45, 2.75) is 43.7 Å². The van der Waals surface area contributed by atoms with E-state index in [0.717, 1.165) is 25.3 Å². The molecule has 0 aromatic heterocycles. The predicted octanol–water partition coefficient (Wildman–Crippen LogP) is 3.42. The molecular formula is C19H26ClF3N2O2. The van der Waals surface area contributed by atoms with Crippen LogP contribution in [0.4, 0.5) is 13.2 Å². The van der Waals surface area contributed by atoms with Gasteiger partial charge in [-0.05, 0) is 37.3 Å². The number of nitrogens with two attached hydrogens (primary N) is 1. The summed E-state index contributed by atoms with van der Waals surface area (Å²) in [5, 5.41) is 2.99. The molecule has 3 rings (SSSR count). The van der Waals surface area contributed by atoms with Gasteiger partial charge in [0.1, 0.15) is 0 Å². The molecular weight excluding hydrogens is 381 g/mol. The van der Waals surface area contributed by atoms with Gasteiger partial charge in [0.15, 0.2) is 0 Å². The highest BCUT2D eigenvalue weighted by Crippen LogP contribution is 2.45. The lowest BCUT2D eigenvalue weighted by Gasteiger charge is -2.44. The first-order valence-corrected chi connectivity index (χ1v) is 9.05. The molecule has 27 heavy (non-hydrogen) atoms. The van der Waals surface area contributed by atoms with Gasteiger partial charge in [-0.15, -0.1) is 12.4 Å². The lowest BCUT2D eigenvalue weighted by atomic mass is 9.64. The predicted molar refractivity (Wildman–Crippen MR) is 98.8 cm³/mol. The monoisotopic (exact) mass is 406 g/mol. The molecule has 0 spiro atoms. The zero-order valence-electron chi connectivity index (χ0n) is 15.1. The molecule has 0 bridgehead atoms. The maximum Gasteiger partial charge on any atom is 0.416 e. The van der Waals surface area contributed by atoms with E-state index in [4.69, 9.17) is 10.5 Å². The Labute approximate surface area is 163 Å². The van der Waals surface area contributed by atoms with E-state index >= 15 is 0 Å². The van der Waals surface area contributed by atoms with Crippen LogP contribution in [0.25, 0.3) is 0 Å². The molecule has 1 heterocycles. The highest BCUT2D eigenvalue weighted by molar-refractivity contribution is 5.85. The maximum absolute atomic E-state index is 13.0. The molecule has 0 atom stereocenters. The van der Waals surface area contributed by atoms with Gasteiger partial charge >= 0.3 is 6.18 Å². The van der Waals surface area contributed by atoms with Crippen molar-refractivity contribution >= 4 is 18.3 Å². The van der Waals surface area contributed by atoms with Crippen LogP contribution in [0, 0.1) is 5.41 Å². The molecule has 1 aromatic carbocycles. The normalized spacial score (nSPS) is 20.9. The van der Waals surface area contributed by atoms with Crippen LogP contribution in [0.15, 0.2) is 24.3 Å². The van der Waals surface area contributed by atoms with Gasteiger partial charge in [0.25, 0.3) is 0 Å². The molecule has 1 amide bonds. The molecule has 2 aliphatic rings. The summed E-state index contributed by atoms with van der Waals surface area (Å²) < 4.78 is 44.4. The second-order valence-corrected chi connectivity index (χ2v) is 7.49. The SMILES string of the molecule is Cl.NCC1(C(=O)NCC2(c3cccc(C(F)(F)F)c3)CCC2)CCOCC1. The lowest BCUT2D eigenvalue weighted by Crippen LogP contribution is -2.53. The van der Waals surface area contributed by atoms with Crippen LogP contribution < -0.4 is 11.1 Å². The van der Waals surface area contributed by atoms with Crippen LogP contribution in [-0.4, -0.2) is 32.2 Å². The van der Waals surface area contributed by atoms with Gasteiger partial charge in [-0.2, -0.15) is 13.2 Å². The van der Waals surface area contributed by atoms with Crippen molar-refractivity contribution in [3.05, 3.63) is 35.4 Å². The molecule has 2 fully saturated rings. The smallest absolute Gasteiger partial charge is 0.381 e. The van der Waals surface area contributed by atoms with Gasteiger partial charge in [0, 0.05) is 31.7 Å². The van der Waals surface area contributed by atoms with Gasteiger partial charge in [-0.1, -0.05) is 24.6 Å². The van der Waals surface area contributed by atoms with Crippen LogP contribution in [0.1, 0.15) is 43.2 Å². The first-order valence-electron chi connectivity index (χ1n) is 9.05. The number of amides is 1. The molecule has 0 unspecified atom stereocenters. The lowest BCUT2D eigenvalue weighted by molar-refractivity contribution is -0.138. The number of benzene rings is 1. The summed E-state index contributed by atoms with van der Waals surface area (Å²) in [6.45, 7) is 1.60. The summed E-state index contributed by atoms with van der Waals surface area (Å²) in [6.07, 6.45) is -0.726. The Morgan fingerprint density at radius 2 is 1.85 bits per heavy atom. The average molecular weight is 407 g/mol. The number of nitrogens with one attached hydrogen (secondary N) is 1. The van der Waals surface area contributed by atoms with E-state index in [1.165, 1.54) is 12.1 Å². The fraction of sp³-hybridized carbons (Fsp3) is 0.632. The standard InChI is InChI=1S/C19H25F3N2O2.ClH/c20-19(21,22)15-4-1-3-14(11-15)18(5-2-6-18)13-24-16(25)17(12-23)7-9-26-10-8-17;/h1,3-4,11H,2,5-10,12-13,23H2,(H,24,25);1H. The molecule has 4 nitrogen and oxygen atoms in total. The van der Waals surface area contributed by atoms with Gasteiger partial charge in [0.2, 0.25) is 5.91 Å². The van der Waals surface area contributed by atoms with Crippen molar-refractivity contribution < 1.29 is 22.7 Å². The first kappa shape index (κ1) is 22.0. The van der Waals surface area contributed by atoms with Crippen molar-refractivity contribution in [3.8, 4) is 0 Å². The van der Waals surface area contributed by atoms with E-state index in [-0.39, 0.29) is 24.9 Å². The second-order valence-electron chi connectivity index (χ2n) is 7.49. The highest BCUT2D eigenvalue weighted by Gasteiger charge is 2.43. The van der Waals surface area contributed by atoms with E-state index in [0.29, 0.717) is 38.2 Å². The Balaban J connectivity index is 0.00000261. The van der Waals surface area contributed by atoms with Crippen molar-refractivity contribution in [2.75, 3.05) is 26.3 Å². The van der Waals surface area contributed by atoms with Gasteiger partial charge in [0.05, 0.1) is 11.0 Å². The average Bonchev–Trinajstić information content (AvgIpc) is 2.60. The summed E-state index contributed by atoms with van der Waals surface area (Å²) >= 11 is 0. The number of carbonyl (C=O) groups excluding carboxylic acids is 1. The first-order chi connectivity index (χ1) is 12.3. The summed E-state index contributed by atoms with van der Waals surface area (Å²) in [6, 6.07) is 5.48. The van der Waals surface area contributed by atoms with Crippen molar-refractivity contribution in [2.24, 2.45) is 11.1 Å². The molecule has 8 heteroatoms. The minimum Gasteiger partial charge on any atom is -0.381 e. The fourth-order valence-electron chi connectivity index (χ4n) is 3.92. The molecule has 152 valence electrons. The minimum absolute atomic E-state index is 0. The Morgan fingerprint density at radius 1 is 1.19 bits per heavy atom.